The Balaban J connectivity index is 1.36. The summed E-state index contributed by atoms with van der Waals surface area (Å²) in [6, 6.07) is 10.7. The van der Waals surface area contributed by atoms with E-state index in [4.69, 9.17) is 9.26 Å². The molecule has 1 amide bonds. The Kier molecular flexibility index (Phi) is 7.04. The number of aromatic nitrogens is 2. The third-order valence-corrected chi connectivity index (χ3v) is 5.66. The number of nitrogens with zero attached hydrogens (tertiary/aromatic N) is 3. The van der Waals surface area contributed by atoms with Crippen LogP contribution < -0.4 is 15.0 Å². The maximum atomic E-state index is 13.2. The lowest BCUT2D eigenvalue weighted by Gasteiger charge is -2.23. The molecule has 1 aromatic heterocycles. The van der Waals surface area contributed by atoms with Crippen molar-refractivity contribution in [3.63, 3.8) is 0 Å². The van der Waals surface area contributed by atoms with E-state index in [-0.39, 0.29) is 18.0 Å². The Morgan fingerprint density at radius 3 is 2.56 bits per heavy atom. The topological polar surface area (TPSA) is 80.5 Å². The first-order chi connectivity index (χ1) is 16.3. The van der Waals surface area contributed by atoms with Gasteiger partial charge in [-0.3, -0.25) is 4.79 Å². The summed E-state index contributed by atoms with van der Waals surface area (Å²) in [5.41, 5.74) is 0.774. The summed E-state index contributed by atoms with van der Waals surface area (Å²) in [4.78, 5) is 18.9. The lowest BCUT2D eigenvalue weighted by atomic mass is 10.1. The molecule has 7 nitrogen and oxygen atoms in total. The molecule has 10 heteroatoms. The number of benzene rings is 2. The summed E-state index contributed by atoms with van der Waals surface area (Å²) >= 11 is 0. The highest BCUT2D eigenvalue weighted by atomic mass is 19.4. The van der Waals surface area contributed by atoms with E-state index in [9.17, 15) is 18.0 Å². The summed E-state index contributed by atoms with van der Waals surface area (Å²) < 4.78 is 50.0. The minimum atomic E-state index is -4.48. The molecule has 34 heavy (non-hydrogen) atoms. The lowest BCUT2D eigenvalue weighted by molar-refractivity contribution is -0.137. The average Bonchev–Trinajstić information content (AvgIpc) is 3.51. The van der Waals surface area contributed by atoms with Crippen LogP contribution in [-0.4, -0.2) is 36.2 Å². The van der Waals surface area contributed by atoms with Gasteiger partial charge in [0.15, 0.2) is 0 Å². The number of methoxy groups -OCH3 is 1. The van der Waals surface area contributed by atoms with E-state index in [0.717, 1.165) is 43.6 Å². The molecule has 2 aromatic carbocycles. The van der Waals surface area contributed by atoms with Crippen LogP contribution in [-0.2, 0) is 17.4 Å². The Morgan fingerprint density at radius 1 is 1.15 bits per heavy atom. The highest BCUT2D eigenvalue weighted by Gasteiger charge is 2.32. The molecular weight excluding hydrogens is 449 g/mol. The van der Waals surface area contributed by atoms with Gasteiger partial charge in [0.1, 0.15) is 5.75 Å². The number of carbonyl (C=O) groups excluding carboxylic acids is 1. The van der Waals surface area contributed by atoms with E-state index in [0.29, 0.717) is 36.0 Å². The molecule has 180 valence electrons. The molecular formula is C24H25F3N4O3. The second-order valence-corrected chi connectivity index (χ2v) is 8.07. The number of amides is 1. The van der Waals surface area contributed by atoms with E-state index in [2.05, 4.69) is 15.5 Å². The van der Waals surface area contributed by atoms with Crippen LogP contribution in [0.15, 0.2) is 47.0 Å². The third-order valence-electron chi connectivity index (χ3n) is 5.66. The molecule has 1 saturated heterocycles. The molecule has 4 rings (SSSR count). The van der Waals surface area contributed by atoms with Crippen LogP contribution in [0.2, 0.25) is 0 Å². The lowest BCUT2D eigenvalue weighted by Crippen LogP contribution is -2.22. The van der Waals surface area contributed by atoms with Crippen molar-refractivity contribution in [1.29, 1.82) is 0 Å². The maximum Gasteiger partial charge on any atom is 0.416 e. The number of aryl methyl sites for hydroxylation is 1. The molecule has 0 bridgehead atoms. The minimum absolute atomic E-state index is 0.107. The highest BCUT2D eigenvalue weighted by molar-refractivity contribution is 5.94. The summed E-state index contributed by atoms with van der Waals surface area (Å²) in [6.45, 7) is 1.50. The van der Waals surface area contributed by atoms with Crippen molar-refractivity contribution in [1.82, 2.24) is 10.1 Å². The number of ether oxygens (including phenoxy) is 1. The van der Waals surface area contributed by atoms with Gasteiger partial charge in [0, 0.05) is 31.5 Å². The average molecular weight is 474 g/mol. The molecule has 1 N–H and O–H groups in total. The van der Waals surface area contributed by atoms with Crippen LogP contribution in [0.4, 0.5) is 24.5 Å². The SMILES string of the molecule is COc1ccc(-c2noc(CCCC(=O)Nc3cc(C(F)(F)F)ccc3N3CCCC3)n2)cc1. The summed E-state index contributed by atoms with van der Waals surface area (Å²) in [7, 11) is 1.58. The first kappa shape index (κ1) is 23.6. The van der Waals surface area contributed by atoms with Gasteiger partial charge in [0.05, 0.1) is 24.0 Å². The van der Waals surface area contributed by atoms with E-state index in [1.807, 2.05) is 17.0 Å². The molecule has 3 aromatic rings. The fourth-order valence-electron chi connectivity index (χ4n) is 3.87. The molecule has 1 fully saturated rings. The second-order valence-electron chi connectivity index (χ2n) is 8.07. The van der Waals surface area contributed by atoms with Gasteiger partial charge in [-0.1, -0.05) is 5.16 Å². The van der Waals surface area contributed by atoms with Crippen molar-refractivity contribution in [3.8, 4) is 17.1 Å². The first-order valence-corrected chi connectivity index (χ1v) is 11.1. The Morgan fingerprint density at radius 2 is 1.88 bits per heavy atom. The number of nitrogens with one attached hydrogen (secondary N) is 1. The van der Waals surface area contributed by atoms with Crippen molar-refractivity contribution in [2.24, 2.45) is 0 Å². The third kappa shape index (κ3) is 5.67. The monoisotopic (exact) mass is 474 g/mol. The molecule has 0 radical (unpaired) electrons. The summed E-state index contributed by atoms with van der Waals surface area (Å²) in [6.07, 6.45) is -1.65. The molecule has 0 saturated carbocycles. The van der Waals surface area contributed by atoms with E-state index in [1.54, 1.807) is 19.2 Å². The minimum Gasteiger partial charge on any atom is -0.497 e. The summed E-state index contributed by atoms with van der Waals surface area (Å²) in [5, 5.41) is 6.63. The zero-order valence-corrected chi connectivity index (χ0v) is 18.7. The largest absolute Gasteiger partial charge is 0.497 e. The molecule has 2 heterocycles. The fourth-order valence-corrected chi connectivity index (χ4v) is 3.87. The van der Waals surface area contributed by atoms with Crippen molar-refractivity contribution >= 4 is 17.3 Å². The number of alkyl halides is 3. The number of hydrogen-bond donors (Lipinski definition) is 1. The van der Waals surface area contributed by atoms with Gasteiger partial charge in [-0.2, -0.15) is 18.2 Å². The Labute approximate surface area is 194 Å². The van der Waals surface area contributed by atoms with Crippen LogP contribution in [0.3, 0.4) is 0 Å². The van der Waals surface area contributed by atoms with Crippen molar-refractivity contribution in [2.75, 3.05) is 30.4 Å². The number of anilines is 2. The standard InChI is InChI=1S/C24H25F3N4O3/c1-33-18-10-7-16(8-11-18)23-29-22(34-30-23)6-4-5-21(32)28-19-15-17(24(25,26)27)9-12-20(19)31-13-2-3-14-31/h7-12,15H,2-6,13-14H2,1H3,(H,28,32). The fraction of sp³-hybridized carbons (Fsp3) is 0.375. The number of halogens is 3. The Hall–Kier alpha value is -3.56. The molecule has 0 atom stereocenters. The number of hydrogen-bond acceptors (Lipinski definition) is 6. The van der Waals surface area contributed by atoms with Crippen LogP contribution in [0.1, 0.15) is 37.1 Å². The Bertz CT molecular complexity index is 1120. The first-order valence-electron chi connectivity index (χ1n) is 11.1. The van der Waals surface area contributed by atoms with Gasteiger partial charge >= 0.3 is 6.18 Å². The quantitative estimate of drug-likeness (QED) is 0.476. The van der Waals surface area contributed by atoms with Crippen LogP contribution >= 0.6 is 0 Å². The second kappa shape index (κ2) is 10.1. The predicted molar refractivity (Wildman–Crippen MR) is 121 cm³/mol. The predicted octanol–water partition coefficient (Wildman–Crippen LogP) is 5.33. The van der Waals surface area contributed by atoms with E-state index < -0.39 is 11.7 Å². The molecule has 0 aliphatic carbocycles. The molecule has 1 aliphatic rings. The molecule has 0 unspecified atom stereocenters. The van der Waals surface area contributed by atoms with Crippen molar-refractivity contribution < 1.29 is 27.2 Å². The number of rotatable bonds is 8. The van der Waals surface area contributed by atoms with Crippen molar-refractivity contribution in [2.45, 2.75) is 38.3 Å². The van der Waals surface area contributed by atoms with Gasteiger partial charge in [-0.05, 0) is 61.7 Å². The van der Waals surface area contributed by atoms with Gasteiger partial charge in [0.2, 0.25) is 17.6 Å². The van der Waals surface area contributed by atoms with Crippen LogP contribution in [0, 0.1) is 0 Å². The van der Waals surface area contributed by atoms with Gasteiger partial charge in [-0.25, -0.2) is 0 Å². The van der Waals surface area contributed by atoms with E-state index >= 15 is 0 Å². The zero-order valence-electron chi connectivity index (χ0n) is 18.7. The maximum absolute atomic E-state index is 13.2. The normalized spacial score (nSPS) is 13.8. The van der Waals surface area contributed by atoms with Gasteiger partial charge < -0.3 is 19.5 Å². The van der Waals surface area contributed by atoms with Crippen LogP contribution in [0.5, 0.6) is 5.75 Å². The van der Waals surface area contributed by atoms with Crippen LogP contribution in [0.25, 0.3) is 11.4 Å². The molecule has 0 spiro atoms. The van der Waals surface area contributed by atoms with Gasteiger partial charge in [-0.15, -0.1) is 0 Å². The number of carbonyl (C=O) groups is 1. The van der Waals surface area contributed by atoms with Gasteiger partial charge in [0.25, 0.3) is 0 Å². The van der Waals surface area contributed by atoms with E-state index in [1.165, 1.54) is 6.07 Å². The summed E-state index contributed by atoms with van der Waals surface area (Å²) in [5.74, 6) is 1.17. The highest BCUT2D eigenvalue weighted by Crippen LogP contribution is 2.36. The zero-order chi connectivity index (χ0) is 24.1. The molecule has 1 aliphatic heterocycles. The smallest absolute Gasteiger partial charge is 0.416 e. The van der Waals surface area contributed by atoms with Crippen molar-refractivity contribution in [3.05, 3.63) is 53.9 Å².